The molecule has 98 valence electrons. The number of nitrogens with zero attached hydrogens (tertiary/aromatic N) is 2. The van der Waals surface area contributed by atoms with Crippen LogP contribution >= 0.6 is 0 Å². The summed E-state index contributed by atoms with van der Waals surface area (Å²) < 4.78 is 1.90. The number of hydrogen-bond acceptors (Lipinski definition) is 3. The van der Waals surface area contributed by atoms with Crippen molar-refractivity contribution in [2.24, 2.45) is 0 Å². The molecule has 0 saturated heterocycles. The van der Waals surface area contributed by atoms with E-state index in [0.29, 0.717) is 12.6 Å². The fourth-order valence-corrected chi connectivity index (χ4v) is 1.89. The molecule has 1 aliphatic rings. The monoisotopic (exact) mass is 256 g/mol. The molecule has 1 aliphatic carbocycles. The summed E-state index contributed by atoms with van der Waals surface area (Å²) >= 11 is 0. The minimum atomic E-state index is -0.00492. The molecule has 1 saturated carbocycles. The molecule has 5 nitrogen and oxygen atoms in total. The van der Waals surface area contributed by atoms with Gasteiger partial charge in [0.2, 0.25) is 5.91 Å². The van der Waals surface area contributed by atoms with Crippen molar-refractivity contribution in [2.75, 3.05) is 11.9 Å². The molecular formula is C14H16N4O. The van der Waals surface area contributed by atoms with Gasteiger partial charge in [0.15, 0.2) is 0 Å². The average Bonchev–Trinajstić information content (AvgIpc) is 3.09. The van der Waals surface area contributed by atoms with Crippen LogP contribution in [0.1, 0.15) is 12.8 Å². The van der Waals surface area contributed by atoms with Gasteiger partial charge >= 0.3 is 0 Å². The lowest BCUT2D eigenvalue weighted by molar-refractivity contribution is -0.115. The fraction of sp³-hybridized carbons (Fsp3) is 0.286. The molecule has 5 heteroatoms. The van der Waals surface area contributed by atoms with Gasteiger partial charge in [-0.05, 0) is 31.0 Å². The van der Waals surface area contributed by atoms with Gasteiger partial charge in [0, 0.05) is 29.8 Å². The Morgan fingerprint density at radius 1 is 1.42 bits per heavy atom. The van der Waals surface area contributed by atoms with Crippen LogP contribution in [0.25, 0.3) is 5.69 Å². The summed E-state index contributed by atoms with van der Waals surface area (Å²) in [6.45, 7) is 0.375. The van der Waals surface area contributed by atoms with E-state index in [1.54, 1.807) is 12.5 Å². The van der Waals surface area contributed by atoms with Gasteiger partial charge in [-0.25, -0.2) is 4.98 Å². The molecule has 2 aromatic rings. The molecule has 1 amide bonds. The number of carbonyl (C=O) groups is 1. The van der Waals surface area contributed by atoms with Crippen molar-refractivity contribution >= 4 is 11.6 Å². The third kappa shape index (κ3) is 3.20. The Balaban J connectivity index is 1.63. The summed E-state index contributed by atoms with van der Waals surface area (Å²) in [7, 11) is 0. The van der Waals surface area contributed by atoms with Crippen LogP contribution in [0.3, 0.4) is 0 Å². The Hall–Kier alpha value is -2.14. The zero-order valence-corrected chi connectivity index (χ0v) is 10.5. The number of carbonyl (C=O) groups excluding carboxylic acids is 1. The smallest absolute Gasteiger partial charge is 0.238 e. The molecule has 0 radical (unpaired) electrons. The number of anilines is 1. The molecule has 1 heterocycles. The Kier molecular flexibility index (Phi) is 3.29. The molecule has 0 unspecified atom stereocenters. The summed E-state index contributed by atoms with van der Waals surface area (Å²) in [6, 6.07) is 8.24. The van der Waals surface area contributed by atoms with Gasteiger partial charge in [0.1, 0.15) is 0 Å². The van der Waals surface area contributed by atoms with Crippen molar-refractivity contribution in [3.8, 4) is 5.69 Å². The third-order valence-electron chi connectivity index (χ3n) is 3.06. The lowest BCUT2D eigenvalue weighted by atomic mass is 10.2. The van der Waals surface area contributed by atoms with Crippen molar-refractivity contribution in [3.05, 3.63) is 43.0 Å². The first-order valence-corrected chi connectivity index (χ1v) is 6.43. The topological polar surface area (TPSA) is 59.0 Å². The second-order valence-corrected chi connectivity index (χ2v) is 4.72. The van der Waals surface area contributed by atoms with E-state index in [1.165, 1.54) is 12.8 Å². The molecule has 1 aromatic heterocycles. The maximum atomic E-state index is 11.7. The normalized spacial score (nSPS) is 14.3. The van der Waals surface area contributed by atoms with Crippen molar-refractivity contribution in [3.63, 3.8) is 0 Å². The predicted octanol–water partition coefficient (Wildman–Crippen LogP) is 1.56. The number of hydrogen-bond donors (Lipinski definition) is 2. The first kappa shape index (κ1) is 11.9. The van der Waals surface area contributed by atoms with Gasteiger partial charge in [-0.15, -0.1) is 0 Å². The van der Waals surface area contributed by atoms with Gasteiger partial charge in [0.05, 0.1) is 12.9 Å². The van der Waals surface area contributed by atoms with Gasteiger partial charge in [-0.3, -0.25) is 4.79 Å². The number of nitrogens with one attached hydrogen (secondary N) is 2. The number of aromatic nitrogens is 2. The number of amides is 1. The first-order chi connectivity index (χ1) is 9.31. The van der Waals surface area contributed by atoms with Crippen LogP contribution in [0.2, 0.25) is 0 Å². The molecule has 0 spiro atoms. The highest BCUT2D eigenvalue weighted by molar-refractivity contribution is 5.92. The zero-order valence-electron chi connectivity index (χ0n) is 10.5. The van der Waals surface area contributed by atoms with Crippen LogP contribution in [0.5, 0.6) is 0 Å². The highest BCUT2D eigenvalue weighted by atomic mass is 16.1. The molecule has 2 N–H and O–H groups in total. The van der Waals surface area contributed by atoms with Crippen LogP contribution < -0.4 is 10.6 Å². The maximum Gasteiger partial charge on any atom is 0.238 e. The summed E-state index contributed by atoms with van der Waals surface area (Å²) in [4.78, 5) is 15.8. The lowest BCUT2D eigenvalue weighted by Crippen LogP contribution is -2.29. The minimum Gasteiger partial charge on any atom is -0.325 e. The summed E-state index contributed by atoms with van der Waals surface area (Å²) in [5.74, 6) is -0.00492. The van der Waals surface area contributed by atoms with Crippen LogP contribution in [0, 0.1) is 0 Å². The molecule has 1 fully saturated rings. The molecule has 0 atom stereocenters. The highest BCUT2D eigenvalue weighted by Crippen LogP contribution is 2.18. The minimum absolute atomic E-state index is 0.00492. The second kappa shape index (κ2) is 5.24. The van der Waals surface area contributed by atoms with E-state index >= 15 is 0 Å². The van der Waals surface area contributed by atoms with E-state index in [2.05, 4.69) is 15.6 Å². The van der Waals surface area contributed by atoms with Gasteiger partial charge < -0.3 is 15.2 Å². The van der Waals surface area contributed by atoms with Crippen molar-refractivity contribution in [1.29, 1.82) is 0 Å². The number of benzene rings is 1. The highest BCUT2D eigenvalue weighted by Gasteiger charge is 2.21. The average molecular weight is 256 g/mol. The first-order valence-electron chi connectivity index (χ1n) is 6.43. The van der Waals surface area contributed by atoms with Crippen LogP contribution in [-0.4, -0.2) is 28.0 Å². The van der Waals surface area contributed by atoms with Crippen LogP contribution in [-0.2, 0) is 4.79 Å². The quantitative estimate of drug-likeness (QED) is 0.853. The number of rotatable bonds is 5. The van der Waals surface area contributed by atoms with Gasteiger partial charge in [-0.1, -0.05) is 6.07 Å². The van der Waals surface area contributed by atoms with E-state index in [1.807, 2.05) is 35.0 Å². The van der Waals surface area contributed by atoms with Crippen LogP contribution in [0.4, 0.5) is 5.69 Å². The molecule has 0 bridgehead atoms. The third-order valence-corrected chi connectivity index (χ3v) is 3.06. The largest absolute Gasteiger partial charge is 0.325 e. The van der Waals surface area contributed by atoms with Gasteiger partial charge in [-0.2, -0.15) is 0 Å². The molecule has 1 aromatic carbocycles. The Morgan fingerprint density at radius 2 is 2.32 bits per heavy atom. The van der Waals surface area contributed by atoms with E-state index < -0.39 is 0 Å². The molecular weight excluding hydrogens is 240 g/mol. The van der Waals surface area contributed by atoms with E-state index in [-0.39, 0.29) is 5.91 Å². The van der Waals surface area contributed by atoms with Crippen LogP contribution in [0.15, 0.2) is 43.0 Å². The standard InChI is InChI=1S/C14H16N4O/c19-14(9-16-11-4-5-11)17-12-2-1-3-13(8-12)18-7-6-15-10-18/h1-3,6-8,10-11,16H,4-5,9H2,(H,17,19). The Morgan fingerprint density at radius 3 is 3.05 bits per heavy atom. The summed E-state index contributed by atoms with van der Waals surface area (Å²) in [5.41, 5.74) is 1.78. The van der Waals surface area contributed by atoms with E-state index in [0.717, 1.165) is 11.4 Å². The SMILES string of the molecule is O=C(CNC1CC1)Nc1cccc(-n2ccnc2)c1. The van der Waals surface area contributed by atoms with E-state index in [4.69, 9.17) is 0 Å². The fourth-order valence-electron chi connectivity index (χ4n) is 1.89. The molecule has 3 rings (SSSR count). The van der Waals surface area contributed by atoms with Crippen molar-refractivity contribution in [2.45, 2.75) is 18.9 Å². The second-order valence-electron chi connectivity index (χ2n) is 4.72. The maximum absolute atomic E-state index is 11.7. The van der Waals surface area contributed by atoms with E-state index in [9.17, 15) is 4.79 Å². The number of imidazole rings is 1. The molecule has 19 heavy (non-hydrogen) atoms. The van der Waals surface area contributed by atoms with Crippen molar-refractivity contribution in [1.82, 2.24) is 14.9 Å². The van der Waals surface area contributed by atoms with Crippen molar-refractivity contribution < 1.29 is 4.79 Å². The predicted molar refractivity (Wildman–Crippen MR) is 73.2 cm³/mol. The Bertz CT molecular complexity index is 561. The van der Waals surface area contributed by atoms with Gasteiger partial charge in [0.25, 0.3) is 0 Å². The lowest BCUT2D eigenvalue weighted by Gasteiger charge is -2.08. The Labute approximate surface area is 111 Å². The summed E-state index contributed by atoms with van der Waals surface area (Å²) in [6.07, 6.45) is 7.70. The zero-order chi connectivity index (χ0) is 13.1. The molecule has 0 aliphatic heterocycles. The summed E-state index contributed by atoms with van der Waals surface area (Å²) in [5, 5.41) is 6.08.